The van der Waals surface area contributed by atoms with E-state index in [-0.39, 0.29) is 23.7 Å². The molecule has 1 fully saturated rings. The second-order valence-corrected chi connectivity index (χ2v) is 8.67. The van der Waals surface area contributed by atoms with Crippen molar-refractivity contribution in [2.45, 2.75) is 26.8 Å². The maximum Gasteiger partial charge on any atom is 0.309 e. The lowest BCUT2D eigenvalue weighted by Gasteiger charge is -2.21. The molecule has 2 aromatic heterocycles. The van der Waals surface area contributed by atoms with Crippen LogP contribution in [0.1, 0.15) is 34.4 Å². The number of esters is 1. The molecule has 1 amide bonds. The summed E-state index contributed by atoms with van der Waals surface area (Å²) in [5, 5.41) is 5.59. The summed E-state index contributed by atoms with van der Waals surface area (Å²) in [7, 11) is 1.90. The molecular weight excluding hydrogens is 386 g/mol. The van der Waals surface area contributed by atoms with Crippen LogP contribution in [0, 0.1) is 18.8 Å². The summed E-state index contributed by atoms with van der Waals surface area (Å²) < 4.78 is 8.06. The SMILES string of the molecule is CCOC(=O)[C@H]1C[C@H]1CN(Cc1cc(C)n(C)n1)C(=O)c1cc2ccccc2s1. The molecule has 0 aliphatic heterocycles. The number of rotatable bonds is 7. The van der Waals surface area contributed by atoms with Gasteiger partial charge >= 0.3 is 5.97 Å². The van der Waals surface area contributed by atoms with Crippen LogP contribution in [0.2, 0.25) is 0 Å². The van der Waals surface area contributed by atoms with E-state index in [1.165, 1.54) is 11.3 Å². The summed E-state index contributed by atoms with van der Waals surface area (Å²) >= 11 is 1.51. The van der Waals surface area contributed by atoms with Gasteiger partial charge in [0.2, 0.25) is 0 Å². The Morgan fingerprint density at radius 1 is 1.31 bits per heavy atom. The number of nitrogens with zero attached hydrogens (tertiary/aromatic N) is 3. The number of aryl methyl sites for hydroxylation is 2. The van der Waals surface area contributed by atoms with Gasteiger partial charge in [-0.2, -0.15) is 5.10 Å². The van der Waals surface area contributed by atoms with Crippen LogP contribution in [0.15, 0.2) is 36.4 Å². The molecule has 0 unspecified atom stereocenters. The van der Waals surface area contributed by atoms with Crippen LogP contribution in [-0.4, -0.2) is 39.7 Å². The molecular formula is C22H25N3O3S. The molecule has 0 radical (unpaired) electrons. The Kier molecular flexibility index (Phi) is 5.41. The van der Waals surface area contributed by atoms with E-state index in [4.69, 9.17) is 4.74 Å². The number of benzene rings is 1. The minimum atomic E-state index is -0.152. The van der Waals surface area contributed by atoms with Crippen molar-refractivity contribution in [3.63, 3.8) is 0 Å². The Hall–Kier alpha value is -2.67. The summed E-state index contributed by atoms with van der Waals surface area (Å²) in [6.45, 7) is 5.16. The van der Waals surface area contributed by atoms with Crippen LogP contribution in [0.3, 0.4) is 0 Å². The third-order valence-electron chi connectivity index (χ3n) is 5.41. The van der Waals surface area contributed by atoms with Gasteiger partial charge in [-0.05, 0) is 49.8 Å². The van der Waals surface area contributed by atoms with Crippen molar-refractivity contribution in [2.75, 3.05) is 13.2 Å². The van der Waals surface area contributed by atoms with Crippen LogP contribution in [0.25, 0.3) is 10.1 Å². The lowest BCUT2D eigenvalue weighted by Crippen LogP contribution is -2.33. The zero-order valence-corrected chi connectivity index (χ0v) is 17.7. The molecule has 7 heteroatoms. The summed E-state index contributed by atoms with van der Waals surface area (Å²) in [5.41, 5.74) is 1.90. The number of hydrogen-bond acceptors (Lipinski definition) is 5. The van der Waals surface area contributed by atoms with Crippen LogP contribution in [-0.2, 0) is 23.1 Å². The maximum absolute atomic E-state index is 13.4. The average Bonchev–Trinajstić information content (AvgIpc) is 3.21. The number of aromatic nitrogens is 2. The number of thiophene rings is 1. The van der Waals surface area contributed by atoms with E-state index in [1.807, 2.05) is 66.9 Å². The van der Waals surface area contributed by atoms with Gasteiger partial charge in [-0.15, -0.1) is 11.3 Å². The first-order valence-electron chi connectivity index (χ1n) is 9.90. The summed E-state index contributed by atoms with van der Waals surface area (Å²) in [4.78, 5) is 27.9. The van der Waals surface area contributed by atoms with Gasteiger partial charge in [0.25, 0.3) is 5.91 Å². The monoisotopic (exact) mass is 411 g/mol. The second-order valence-electron chi connectivity index (χ2n) is 7.59. The van der Waals surface area contributed by atoms with Gasteiger partial charge in [0, 0.05) is 24.0 Å². The van der Waals surface area contributed by atoms with Crippen LogP contribution >= 0.6 is 11.3 Å². The number of amides is 1. The molecule has 0 N–H and O–H groups in total. The minimum absolute atomic E-state index is 0.0102. The molecule has 2 atom stereocenters. The summed E-state index contributed by atoms with van der Waals surface area (Å²) in [6.07, 6.45) is 0.774. The normalized spacial score (nSPS) is 18.0. The lowest BCUT2D eigenvalue weighted by atomic mass is 10.2. The molecule has 29 heavy (non-hydrogen) atoms. The first-order valence-corrected chi connectivity index (χ1v) is 10.7. The third kappa shape index (κ3) is 4.19. The van der Waals surface area contributed by atoms with E-state index in [2.05, 4.69) is 5.10 Å². The van der Waals surface area contributed by atoms with Crippen molar-refractivity contribution in [1.82, 2.24) is 14.7 Å². The van der Waals surface area contributed by atoms with E-state index in [9.17, 15) is 9.59 Å². The molecule has 0 spiro atoms. The van der Waals surface area contributed by atoms with Gasteiger partial charge in [0.1, 0.15) is 0 Å². The fraction of sp³-hybridized carbons (Fsp3) is 0.409. The van der Waals surface area contributed by atoms with Gasteiger partial charge in [0.05, 0.1) is 29.6 Å². The van der Waals surface area contributed by atoms with Crippen molar-refractivity contribution in [3.05, 3.63) is 52.7 Å². The Labute approximate surface area is 174 Å². The quantitative estimate of drug-likeness (QED) is 0.555. The largest absolute Gasteiger partial charge is 0.466 e. The Morgan fingerprint density at radius 3 is 2.79 bits per heavy atom. The summed E-state index contributed by atoms with van der Waals surface area (Å²) in [6, 6.07) is 12.0. The molecule has 1 aromatic carbocycles. The fourth-order valence-electron chi connectivity index (χ4n) is 3.64. The van der Waals surface area contributed by atoms with Crippen molar-refractivity contribution in [1.29, 1.82) is 0 Å². The number of fused-ring (bicyclic) bond motifs is 1. The smallest absolute Gasteiger partial charge is 0.309 e. The predicted molar refractivity (Wildman–Crippen MR) is 113 cm³/mol. The van der Waals surface area contributed by atoms with Crippen LogP contribution in [0.5, 0.6) is 0 Å². The summed E-state index contributed by atoms with van der Waals surface area (Å²) in [5.74, 6) is -0.111. The van der Waals surface area contributed by atoms with Crippen molar-refractivity contribution < 1.29 is 14.3 Å². The van der Waals surface area contributed by atoms with Gasteiger partial charge in [-0.1, -0.05) is 18.2 Å². The van der Waals surface area contributed by atoms with Crippen LogP contribution in [0.4, 0.5) is 0 Å². The molecule has 152 valence electrons. The Morgan fingerprint density at radius 2 is 2.10 bits per heavy atom. The molecule has 1 saturated carbocycles. The van der Waals surface area contributed by atoms with Crippen molar-refractivity contribution >= 4 is 33.3 Å². The third-order valence-corrected chi connectivity index (χ3v) is 6.51. The molecule has 1 aliphatic rings. The minimum Gasteiger partial charge on any atom is -0.466 e. The molecule has 4 rings (SSSR count). The lowest BCUT2D eigenvalue weighted by molar-refractivity contribution is -0.145. The number of ether oxygens (including phenoxy) is 1. The maximum atomic E-state index is 13.4. The Balaban J connectivity index is 1.55. The van der Waals surface area contributed by atoms with Gasteiger partial charge in [-0.3, -0.25) is 14.3 Å². The first-order chi connectivity index (χ1) is 14.0. The van der Waals surface area contributed by atoms with Crippen molar-refractivity contribution in [2.24, 2.45) is 18.9 Å². The average molecular weight is 412 g/mol. The highest BCUT2D eigenvalue weighted by Gasteiger charge is 2.45. The highest BCUT2D eigenvalue weighted by atomic mass is 32.1. The number of hydrogen-bond donors (Lipinski definition) is 0. The number of carbonyl (C=O) groups is 2. The van der Waals surface area contributed by atoms with E-state index >= 15 is 0 Å². The highest BCUT2D eigenvalue weighted by Crippen LogP contribution is 2.40. The molecule has 3 aromatic rings. The molecule has 1 aliphatic carbocycles. The second kappa shape index (κ2) is 7.99. The Bertz CT molecular complexity index is 1000. The van der Waals surface area contributed by atoms with Gasteiger partial charge < -0.3 is 9.64 Å². The van der Waals surface area contributed by atoms with E-state index in [0.717, 1.165) is 27.9 Å². The predicted octanol–water partition coefficient (Wildman–Crippen LogP) is 3.78. The fourth-order valence-corrected chi connectivity index (χ4v) is 4.67. The number of carbonyl (C=O) groups excluding carboxylic acids is 2. The molecule has 0 bridgehead atoms. The van der Waals surface area contributed by atoms with Gasteiger partial charge in [0.15, 0.2) is 0 Å². The molecule has 0 saturated heterocycles. The molecule has 6 nitrogen and oxygen atoms in total. The zero-order valence-electron chi connectivity index (χ0n) is 16.9. The molecule has 2 heterocycles. The van der Waals surface area contributed by atoms with Crippen LogP contribution < -0.4 is 0 Å². The topological polar surface area (TPSA) is 64.4 Å². The standard InChI is InChI=1S/C22H25N3O3S/c1-4-28-22(27)18-10-16(18)12-25(13-17-9-14(2)24(3)23-17)21(26)20-11-15-7-5-6-8-19(15)29-20/h5-9,11,16,18H,4,10,12-13H2,1-3H3/t16-,18-/m0/s1. The van der Waals surface area contributed by atoms with E-state index in [1.54, 1.807) is 0 Å². The van der Waals surface area contributed by atoms with Crippen molar-refractivity contribution in [3.8, 4) is 0 Å². The zero-order chi connectivity index (χ0) is 20.5. The highest BCUT2D eigenvalue weighted by molar-refractivity contribution is 7.20. The first kappa shape index (κ1) is 19.6. The van der Waals surface area contributed by atoms with E-state index in [0.29, 0.717) is 24.6 Å². The van der Waals surface area contributed by atoms with E-state index < -0.39 is 0 Å². The van der Waals surface area contributed by atoms with Gasteiger partial charge in [-0.25, -0.2) is 0 Å².